The van der Waals surface area contributed by atoms with Crippen LogP contribution in [0.25, 0.3) is 10.9 Å². The second kappa shape index (κ2) is 6.77. The first kappa shape index (κ1) is 16.1. The first-order valence-electron chi connectivity index (χ1n) is 7.45. The summed E-state index contributed by atoms with van der Waals surface area (Å²) in [7, 11) is 0. The molecule has 2 heterocycles. The molecule has 5 nitrogen and oxygen atoms in total. The molecule has 0 bridgehead atoms. The van der Waals surface area contributed by atoms with Gasteiger partial charge in [-0.15, -0.1) is 0 Å². The van der Waals surface area contributed by atoms with Crippen molar-refractivity contribution in [1.82, 2.24) is 9.97 Å². The van der Waals surface area contributed by atoms with Crippen LogP contribution < -0.4 is 5.32 Å². The van der Waals surface area contributed by atoms with Crippen LogP contribution in [0.15, 0.2) is 41.6 Å². The summed E-state index contributed by atoms with van der Waals surface area (Å²) in [6.07, 6.45) is 1.86. The van der Waals surface area contributed by atoms with Crippen molar-refractivity contribution in [2.75, 3.05) is 11.1 Å². The third-order valence-electron chi connectivity index (χ3n) is 3.60. The summed E-state index contributed by atoms with van der Waals surface area (Å²) in [6, 6.07) is 11.7. The van der Waals surface area contributed by atoms with Gasteiger partial charge in [-0.2, -0.15) is 5.26 Å². The Morgan fingerprint density at radius 3 is 2.96 bits per heavy atom. The Morgan fingerprint density at radius 1 is 1.33 bits per heavy atom. The molecule has 0 aliphatic rings. The van der Waals surface area contributed by atoms with Gasteiger partial charge in [-0.1, -0.05) is 17.8 Å². The van der Waals surface area contributed by atoms with Crippen molar-refractivity contribution >= 4 is 34.3 Å². The molecule has 0 aliphatic carbocycles. The highest BCUT2D eigenvalue weighted by atomic mass is 32.2. The van der Waals surface area contributed by atoms with Crippen LogP contribution in [-0.4, -0.2) is 21.6 Å². The number of carbonyl (C=O) groups excluding carboxylic acids is 1. The number of nitrogens with zero attached hydrogens (tertiary/aromatic N) is 2. The molecule has 120 valence electrons. The maximum Gasteiger partial charge on any atom is 0.234 e. The average molecular weight is 336 g/mol. The molecular formula is C18H16N4OS. The number of fused-ring (bicyclic) bond motifs is 1. The van der Waals surface area contributed by atoms with Crippen molar-refractivity contribution < 1.29 is 4.79 Å². The molecule has 3 rings (SSSR count). The van der Waals surface area contributed by atoms with Gasteiger partial charge in [-0.3, -0.25) is 4.79 Å². The lowest BCUT2D eigenvalue weighted by Crippen LogP contribution is -2.14. The number of amides is 1. The number of thioether (sulfide) groups is 1. The fourth-order valence-corrected chi connectivity index (χ4v) is 3.40. The van der Waals surface area contributed by atoms with E-state index in [1.807, 2.05) is 50.4 Å². The smallest absolute Gasteiger partial charge is 0.234 e. The Hall–Kier alpha value is -2.78. The molecule has 1 amide bonds. The normalized spacial score (nSPS) is 10.5. The van der Waals surface area contributed by atoms with E-state index in [0.29, 0.717) is 10.6 Å². The number of aryl methyl sites for hydroxylation is 2. The van der Waals surface area contributed by atoms with Crippen LogP contribution in [0.2, 0.25) is 0 Å². The predicted octanol–water partition coefficient (Wildman–Crippen LogP) is 3.78. The van der Waals surface area contributed by atoms with E-state index in [4.69, 9.17) is 0 Å². The minimum Gasteiger partial charge on any atom is -0.361 e. The summed E-state index contributed by atoms with van der Waals surface area (Å²) in [5, 5.41) is 13.8. The summed E-state index contributed by atoms with van der Waals surface area (Å²) >= 11 is 1.28. The van der Waals surface area contributed by atoms with Gasteiger partial charge in [0, 0.05) is 23.1 Å². The average Bonchev–Trinajstić information content (AvgIpc) is 3.00. The molecule has 0 radical (unpaired) electrons. The van der Waals surface area contributed by atoms with Crippen LogP contribution in [0.3, 0.4) is 0 Å². The largest absolute Gasteiger partial charge is 0.361 e. The van der Waals surface area contributed by atoms with Crippen LogP contribution in [0.1, 0.15) is 16.8 Å². The lowest BCUT2D eigenvalue weighted by Gasteiger charge is -2.08. The van der Waals surface area contributed by atoms with E-state index in [2.05, 4.69) is 21.4 Å². The van der Waals surface area contributed by atoms with Gasteiger partial charge in [0.05, 0.1) is 11.3 Å². The summed E-state index contributed by atoms with van der Waals surface area (Å²) in [6.45, 7) is 3.76. The monoisotopic (exact) mass is 336 g/mol. The Kier molecular flexibility index (Phi) is 4.54. The third-order valence-corrected chi connectivity index (χ3v) is 4.58. The van der Waals surface area contributed by atoms with E-state index in [1.165, 1.54) is 11.8 Å². The molecule has 0 atom stereocenters. The molecular weight excluding hydrogens is 320 g/mol. The van der Waals surface area contributed by atoms with Crippen molar-refractivity contribution in [2.24, 2.45) is 0 Å². The van der Waals surface area contributed by atoms with E-state index < -0.39 is 0 Å². The third kappa shape index (κ3) is 3.42. The Bertz CT molecular complexity index is 955. The lowest BCUT2D eigenvalue weighted by molar-refractivity contribution is -0.113. The number of nitriles is 1. The number of aromatic nitrogens is 2. The van der Waals surface area contributed by atoms with E-state index in [1.54, 1.807) is 0 Å². The number of nitrogens with one attached hydrogen (secondary N) is 2. The molecule has 0 aliphatic heterocycles. The van der Waals surface area contributed by atoms with E-state index in [-0.39, 0.29) is 11.7 Å². The Balaban J connectivity index is 1.68. The number of hydrogen-bond donors (Lipinski definition) is 2. The van der Waals surface area contributed by atoms with Gasteiger partial charge in [0.25, 0.3) is 0 Å². The van der Waals surface area contributed by atoms with Crippen molar-refractivity contribution in [1.29, 1.82) is 5.26 Å². The van der Waals surface area contributed by atoms with Gasteiger partial charge in [-0.25, -0.2) is 4.98 Å². The van der Waals surface area contributed by atoms with Crippen LogP contribution in [-0.2, 0) is 4.79 Å². The predicted molar refractivity (Wildman–Crippen MR) is 96.1 cm³/mol. The fraction of sp³-hybridized carbons (Fsp3) is 0.167. The molecule has 0 spiro atoms. The van der Waals surface area contributed by atoms with E-state index in [9.17, 15) is 10.1 Å². The van der Waals surface area contributed by atoms with Crippen molar-refractivity contribution in [3.05, 3.63) is 53.3 Å². The molecule has 2 N–H and O–H groups in total. The molecule has 0 fully saturated rings. The molecule has 6 heteroatoms. The summed E-state index contributed by atoms with van der Waals surface area (Å²) in [4.78, 5) is 19.7. The Labute approximate surface area is 144 Å². The van der Waals surface area contributed by atoms with E-state index >= 15 is 0 Å². The van der Waals surface area contributed by atoms with Crippen molar-refractivity contribution in [3.8, 4) is 6.07 Å². The highest BCUT2D eigenvalue weighted by Gasteiger charge is 2.12. The topological polar surface area (TPSA) is 81.6 Å². The van der Waals surface area contributed by atoms with Gasteiger partial charge in [0.15, 0.2) is 0 Å². The SMILES string of the molecule is Cc1cc(C)c(C#N)c(SCC(=O)Nc2ccc3cc[nH]c3c2)n1. The maximum atomic E-state index is 12.2. The zero-order chi connectivity index (χ0) is 17.1. The van der Waals surface area contributed by atoms with Crippen molar-refractivity contribution in [3.63, 3.8) is 0 Å². The highest BCUT2D eigenvalue weighted by Crippen LogP contribution is 2.24. The second-order valence-corrected chi connectivity index (χ2v) is 6.45. The number of carbonyl (C=O) groups is 1. The lowest BCUT2D eigenvalue weighted by atomic mass is 10.1. The summed E-state index contributed by atoms with van der Waals surface area (Å²) < 4.78 is 0. The van der Waals surface area contributed by atoms with Gasteiger partial charge >= 0.3 is 0 Å². The molecule has 2 aromatic heterocycles. The van der Waals surface area contributed by atoms with Crippen LogP contribution in [0.5, 0.6) is 0 Å². The van der Waals surface area contributed by atoms with Gasteiger partial charge < -0.3 is 10.3 Å². The zero-order valence-electron chi connectivity index (χ0n) is 13.4. The number of anilines is 1. The standard InChI is InChI=1S/C18H16N4OS/c1-11-7-12(2)21-18(15(11)9-19)24-10-17(23)22-14-4-3-13-5-6-20-16(13)8-14/h3-8,20H,10H2,1-2H3,(H,22,23). The summed E-state index contributed by atoms with van der Waals surface area (Å²) in [5.74, 6) is 0.0728. The van der Waals surface area contributed by atoms with Crippen LogP contribution in [0, 0.1) is 25.2 Å². The van der Waals surface area contributed by atoms with Gasteiger partial charge in [0.2, 0.25) is 5.91 Å². The van der Waals surface area contributed by atoms with Crippen molar-refractivity contribution in [2.45, 2.75) is 18.9 Å². The van der Waals surface area contributed by atoms with Gasteiger partial charge in [-0.05, 0) is 49.1 Å². The molecule has 0 saturated carbocycles. The number of aromatic amines is 1. The van der Waals surface area contributed by atoms with Crippen LogP contribution >= 0.6 is 11.8 Å². The highest BCUT2D eigenvalue weighted by molar-refractivity contribution is 8.00. The Morgan fingerprint density at radius 2 is 2.17 bits per heavy atom. The number of pyridine rings is 1. The quantitative estimate of drug-likeness (QED) is 0.710. The number of hydrogen-bond acceptors (Lipinski definition) is 4. The summed E-state index contributed by atoms with van der Waals surface area (Å²) in [5.41, 5.74) is 3.97. The number of benzene rings is 1. The number of H-pyrrole nitrogens is 1. The molecule has 0 unspecified atom stereocenters. The second-order valence-electron chi connectivity index (χ2n) is 5.49. The van der Waals surface area contributed by atoms with Gasteiger partial charge in [0.1, 0.15) is 11.1 Å². The fourth-order valence-electron chi connectivity index (χ4n) is 2.50. The van der Waals surface area contributed by atoms with E-state index in [0.717, 1.165) is 27.8 Å². The zero-order valence-corrected chi connectivity index (χ0v) is 14.2. The van der Waals surface area contributed by atoms with Crippen LogP contribution in [0.4, 0.5) is 5.69 Å². The molecule has 3 aromatic rings. The minimum absolute atomic E-state index is 0.129. The number of rotatable bonds is 4. The molecule has 24 heavy (non-hydrogen) atoms. The molecule has 0 saturated heterocycles. The molecule has 1 aromatic carbocycles. The first-order chi connectivity index (χ1) is 11.6. The first-order valence-corrected chi connectivity index (χ1v) is 8.43. The minimum atomic E-state index is -0.129. The maximum absolute atomic E-state index is 12.2.